The van der Waals surface area contributed by atoms with Crippen LogP contribution < -0.4 is 10.6 Å². The number of anilines is 1. The maximum absolute atomic E-state index is 12.3. The molecule has 0 unspecified atom stereocenters. The normalized spacial score (nSPS) is 10.1. The molecule has 0 fully saturated rings. The molecule has 2 amide bonds. The summed E-state index contributed by atoms with van der Waals surface area (Å²) in [6, 6.07) is 3.75. The van der Waals surface area contributed by atoms with E-state index in [4.69, 9.17) is 4.74 Å². The second-order valence-corrected chi connectivity index (χ2v) is 6.09. The number of amides is 2. The minimum atomic E-state index is -0.642. The predicted molar refractivity (Wildman–Crippen MR) is 86.3 cm³/mol. The molecule has 0 saturated heterocycles. The van der Waals surface area contributed by atoms with Crippen LogP contribution in [0.3, 0.4) is 0 Å². The molecule has 0 bridgehead atoms. The van der Waals surface area contributed by atoms with Crippen molar-refractivity contribution in [3.05, 3.63) is 28.5 Å². The van der Waals surface area contributed by atoms with Gasteiger partial charge in [0.25, 0.3) is 5.91 Å². The Morgan fingerprint density at radius 1 is 1.27 bits per heavy atom. The van der Waals surface area contributed by atoms with E-state index in [0.29, 0.717) is 10.6 Å². The highest BCUT2D eigenvalue weighted by Gasteiger charge is 2.23. The molecule has 0 spiro atoms. The van der Waals surface area contributed by atoms with Gasteiger partial charge in [-0.3, -0.25) is 9.59 Å². The Morgan fingerprint density at radius 2 is 2.05 bits per heavy atom. The van der Waals surface area contributed by atoms with Crippen molar-refractivity contribution in [3.63, 3.8) is 0 Å². The number of nitrogens with one attached hydrogen (secondary N) is 2. The fourth-order valence-corrected chi connectivity index (χ4v) is 3.52. The van der Waals surface area contributed by atoms with Crippen LogP contribution in [0.25, 0.3) is 10.4 Å². The van der Waals surface area contributed by atoms with Crippen LogP contribution >= 0.6 is 22.7 Å². The summed E-state index contributed by atoms with van der Waals surface area (Å²) < 4.78 is 5.01. The van der Waals surface area contributed by atoms with Crippen molar-refractivity contribution in [1.82, 2.24) is 5.32 Å². The first-order valence-electron chi connectivity index (χ1n) is 6.33. The van der Waals surface area contributed by atoms with Crippen LogP contribution in [0.2, 0.25) is 0 Å². The van der Waals surface area contributed by atoms with Gasteiger partial charge in [0.05, 0.1) is 0 Å². The zero-order valence-corrected chi connectivity index (χ0v) is 13.6. The van der Waals surface area contributed by atoms with Gasteiger partial charge in [0.1, 0.15) is 10.6 Å². The van der Waals surface area contributed by atoms with Crippen LogP contribution in [-0.4, -0.2) is 31.4 Å². The standard InChI is InChI=1S/C14H14N2O4S2/c1-8(17)16-13-12(14(19)20-6-11(18)15-2)9(7-22-13)10-4-3-5-21-10/h3-5,7H,6H2,1-2H3,(H,15,18)(H,16,17). The number of esters is 1. The summed E-state index contributed by atoms with van der Waals surface area (Å²) >= 11 is 2.72. The molecular weight excluding hydrogens is 324 g/mol. The van der Waals surface area contributed by atoms with Gasteiger partial charge in [0.15, 0.2) is 6.61 Å². The van der Waals surface area contributed by atoms with Gasteiger partial charge in [-0.05, 0) is 11.4 Å². The van der Waals surface area contributed by atoms with E-state index in [9.17, 15) is 14.4 Å². The molecule has 0 radical (unpaired) electrons. The molecule has 8 heteroatoms. The third-order valence-corrected chi connectivity index (χ3v) is 4.48. The predicted octanol–water partition coefficient (Wildman–Crippen LogP) is 2.34. The average Bonchev–Trinajstić information content (AvgIpc) is 3.12. The first-order valence-corrected chi connectivity index (χ1v) is 8.09. The number of hydrogen-bond donors (Lipinski definition) is 2. The highest BCUT2D eigenvalue weighted by atomic mass is 32.1. The van der Waals surface area contributed by atoms with E-state index in [0.717, 1.165) is 4.88 Å². The van der Waals surface area contributed by atoms with Crippen LogP contribution in [-0.2, 0) is 14.3 Å². The fraction of sp³-hybridized carbons (Fsp3) is 0.214. The molecule has 2 N–H and O–H groups in total. The highest BCUT2D eigenvalue weighted by molar-refractivity contribution is 7.17. The van der Waals surface area contributed by atoms with Gasteiger partial charge in [-0.25, -0.2) is 4.79 Å². The summed E-state index contributed by atoms with van der Waals surface area (Å²) in [7, 11) is 1.46. The Kier molecular flexibility index (Phi) is 5.29. The molecule has 2 heterocycles. The third-order valence-electron chi connectivity index (χ3n) is 2.68. The first-order chi connectivity index (χ1) is 10.5. The molecule has 6 nitrogen and oxygen atoms in total. The minimum absolute atomic E-state index is 0.270. The molecule has 0 aliphatic heterocycles. The number of hydrogen-bond acceptors (Lipinski definition) is 6. The average molecular weight is 338 g/mol. The van der Waals surface area contributed by atoms with Crippen molar-refractivity contribution in [2.75, 3.05) is 19.0 Å². The molecule has 0 aliphatic carbocycles. The lowest BCUT2D eigenvalue weighted by atomic mass is 10.1. The summed E-state index contributed by atoms with van der Waals surface area (Å²) in [5.41, 5.74) is 0.956. The molecule has 2 aromatic rings. The van der Waals surface area contributed by atoms with E-state index in [2.05, 4.69) is 10.6 Å². The lowest BCUT2D eigenvalue weighted by Crippen LogP contribution is -2.25. The van der Waals surface area contributed by atoms with Crippen molar-refractivity contribution >= 4 is 45.5 Å². The van der Waals surface area contributed by atoms with Crippen molar-refractivity contribution in [2.45, 2.75) is 6.92 Å². The molecule has 2 rings (SSSR count). The quantitative estimate of drug-likeness (QED) is 0.820. The number of thiophene rings is 2. The van der Waals surface area contributed by atoms with E-state index in [1.54, 1.807) is 5.38 Å². The Balaban J connectivity index is 2.33. The monoisotopic (exact) mass is 338 g/mol. The van der Waals surface area contributed by atoms with Crippen molar-refractivity contribution in [1.29, 1.82) is 0 Å². The number of likely N-dealkylation sites (N-methyl/N-ethyl adjacent to an activating group) is 1. The van der Waals surface area contributed by atoms with E-state index in [1.165, 1.54) is 36.6 Å². The van der Waals surface area contributed by atoms with Crippen molar-refractivity contribution < 1.29 is 19.1 Å². The SMILES string of the molecule is CNC(=O)COC(=O)c1c(-c2cccs2)csc1NC(C)=O. The summed E-state index contributed by atoms with van der Waals surface area (Å²) in [6.45, 7) is 0.999. The van der Waals surface area contributed by atoms with Crippen LogP contribution in [0, 0.1) is 0 Å². The molecule has 2 aromatic heterocycles. The van der Waals surface area contributed by atoms with Gasteiger partial charge in [0.2, 0.25) is 5.91 Å². The Hall–Kier alpha value is -2.19. The largest absolute Gasteiger partial charge is 0.452 e. The van der Waals surface area contributed by atoms with Crippen LogP contribution in [0.15, 0.2) is 22.9 Å². The summed E-state index contributed by atoms with van der Waals surface area (Å²) in [5, 5.41) is 9.09. The third kappa shape index (κ3) is 3.71. The number of carbonyl (C=O) groups excluding carboxylic acids is 3. The fourth-order valence-electron chi connectivity index (χ4n) is 1.70. The molecule has 22 heavy (non-hydrogen) atoms. The maximum Gasteiger partial charge on any atom is 0.342 e. The second kappa shape index (κ2) is 7.19. The lowest BCUT2D eigenvalue weighted by Gasteiger charge is -2.07. The number of carbonyl (C=O) groups is 3. The first kappa shape index (κ1) is 16.2. The molecule has 0 aliphatic rings. The zero-order chi connectivity index (χ0) is 16.1. The van der Waals surface area contributed by atoms with Gasteiger partial charge in [0, 0.05) is 29.8 Å². The van der Waals surface area contributed by atoms with E-state index in [1.807, 2.05) is 17.5 Å². The number of ether oxygens (including phenoxy) is 1. The summed E-state index contributed by atoms with van der Waals surface area (Å²) in [5.74, 6) is -1.32. The second-order valence-electron chi connectivity index (χ2n) is 4.26. The Morgan fingerprint density at radius 3 is 2.64 bits per heavy atom. The summed E-state index contributed by atoms with van der Waals surface area (Å²) in [4.78, 5) is 35.7. The van der Waals surface area contributed by atoms with Crippen molar-refractivity contribution in [2.24, 2.45) is 0 Å². The van der Waals surface area contributed by atoms with Crippen LogP contribution in [0.1, 0.15) is 17.3 Å². The topological polar surface area (TPSA) is 84.5 Å². The minimum Gasteiger partial charge on any atom is -0.452 e. The molecule has 0 aromatic carbocycles. The Bertz CT molecular complexity index is 692. The van der Waals surface area contributed by atoms with E-state index < -0.39 is 11.9 Å². The maximum atomic E-state index is 12.3. The molecule has 0 saturated carbocycles. The Labute approximate surface area is 135 Å². The lowest BCUT2D eigenvalue weighted by molar-refractivity contribution is -0.123. The highest BCUT2D eigenvalue weighted by Crippen LogP contribution is 2.38. The van der Waals surface area contributed by atoms with Crippen LogP contribution in [0.4, 0.5) is 5.00 Å². The molecular formula is C14H14N2O4S2. The van der Waals surface area contributed by atoms with Gasteiger partial charge in [-0.1, -0.05) is 6.07 Å². The summed E-state index contributed by atoms with van der Waals surface area (Å²) in [6.07, 6.45) is 0. The van der Waals surface area contributed by atoms with E-state index in [-0.39, 0.29) is 18.1 Å². The van der Waals surface area contributed by atoms with Gasteiger partial charge >= 0.3 is 5.97 Å². The molecule has 0 atom stereocenters. The smallest absolute Gasteiger partial charge is 0.342 e. The van der Waals surface area contributed by atoms with Crippen molar-refractivity contribution in [3.8, 4) is 10.4 Å². The van der Waals surface area contributed by atoms with Gasteiger partial charge in [-0.15, -0.1) is 22.7 Å². The van der Waals surface area contributed by atoms with E-state index >= 15 is 0 Å². The van der Waals surface area contributed by atoms with Gasteiger partial charge < -0.3 is 15.4 Å². The molecule has 116 valence electrons. The van der Waals surface area contributed by atoms with Crippen LogP contribution in [0.5, 0.6) is 0 Å². The number of rotatable bonds is 5. The zero-order valence-electron chi connectivity index (χ0n) is 12.0. The van der Waals surface area contributed by atoms with Gasteiger partial charge in [-0.2, -0.15) is 0 Å².